The summed E-state index contributed by atoms with van der Waals surface area (Å²) < 4.78 is 25.1. The maximum atomic E-state index is 12.0. The normalized spacial score (nSPS) is 18.3. The summed E-state index contributed by atoms with van der Waals surface area (Å²) in [7, 11) is -1.98. The average Bonchev–Trinajstić information content (AvgIpc) is 2.24. The third-order valence-electron chi connectivity index (χ3n) is 2.07. The van der Waals surface area contributed by atoms with Gasteiger partial charge in [-0.25, -0.2) is 17.7 Å². The van der Waals surface area contributed by atoms with E-state index in [9.17, 15) is 8.42 Å². The highest BCUT2D eigenvalue weighted by Crippen LogP contribution is 2.32. The summed E-state index contributed by atoms with van der Waals surface area (Å²) >= 11 is 1.30. The Kier molecular flexibility index (Phi) is 2.43. The number of thioether (sulfide) groups is 1. The molecule has 0 bridgehead atoms. The SMILES string of the molecule is CSC1=Nc2ccncc2S(=O)(=O)N1C. The Hall–Kier alpha value is -1.08. The molecule has 0 saturated carbocycles. The van der Waals surface area contributed by atoms with Crippen molar-refractivity contribution in [3.63, 3.8) is 0 Å². The zero-order chi connectivity index (χ0) is 11.1. The van der Waals surface area contributed by atoms with Gasteiger partial charge in [0, 0.05) is 19.4 Å². The Morgan fingerprint density at radius 1 is 1.47 bits per heavy atom. The van der Waals surface area contributed by atoms with E-state index in [4.69, 9.17) is 0 Å². The summed E-state index contributed by atoms with van der Waals surface area (Å²) in [6, 6.07) is 1.59. The number of rotatable bonds is 0. The molecule has 0 fully saturated rings. The van der Waals surface area contributed by atoms with Crippen LogP contribution in [0, 0.1) is 0 Å². The first kappa shape index (κ1) is 10.4. The Morgan fingerprint density at radius 2 is 2.20 bits per heavy atom. The lowest BCUT2D eigenvalue weighted by Gasteiger charge is -2.24. The van der Waals surface area contributed by atoms with Crippen LogP contribution in [-0.2, 0) is 10.0 Å². The van der Waals surface area contributed by atoms with Gasteiger partial charge in [-0.05, 0) is 12.3 Å². The van der Waals surface area contributed by atoms with E-state index in [2.05, 4.69) is 9.98 Å². The summed E-state index contributed by atoms with van der Waals surface area (Å²) in [5.74, 6) is 0. The zero-order valence-electron chi connectivity index (χ0n) is 8.21. The molecule has 80 valence electrons. The molecule has 15 heavy (non-hydrogen) atoms. The quantitative estimate of drug-likeness (QED) is 0.683. The molecule has 1 aromatic rings. The molecule has 0 saturated heterocycles. The molecule has 0 radical (unpaired) electrons. The topological polar surface area (TPSA) is 62.6 Å². The van der Waals surface area contributed by atoms with Crippen molar-refractivity contribution >= 4 is 32.6 Å². The van der Waals surface area contributed by atoms with Gasteiger partial charge in [0.05, 0.1) is 5.69 Å². The lowest BCUT2D eigenvalue weighted by molar-refractivity contribution is 0.552. The van der Waals surface area contributed by atoms with E-state index in [1.54, 1.807) is 12.3 Å². The number of aromatic nitrogens is 1. The molecule has 0 amide bonds. The van der Waals surface area contributed by atoms with Crippen molar-refractivity contribution in [2.24, 2.45) is 4.99 Å². The van der Waals surface area contributed by atoms with E-state index in [0.717, 1.165) is 0 Å². The molecule has 1 aromatic heterocycles. The van der Waals surface area contributed by atoms with Crippen molar-refractivity contribution in [3.05, 3.63) is 18.5 Å². The molecule has 1 aliphatic heterocycles. The second-order valence-corrected chi connectivity index (χ2v) is 5.63. The van der Waals surface area contributed by atoms with Crippen molar-refractivity contribution in [2.75, 3.05) is 13.3 Å². The first-order chi connectivity index (χ1) is 7.07. The van der Waals surface area contributed by atoms with E-state index >= 15 is 0 Å². The molecular formula is C8H9N3O2S2. The maximum absolute atomic E-state index is 12.0. The van der Waals surface area contributed by atoms with Crippen LogP contribution >= 0.6 is 11.8 Å². The molecule has 5 nitrogen and oxygen atoms in total. The van der Waals surface area contributed by atoms with Gasteiger partial charge in [0.15, 0.2) is 5.17 Å². The molecule has 0 aliphatic carbocycles. The second kappa shape index (κ2) is 3.49. The molecule has 2 heterocycles. The number of hydrogen-bond donors (Lipinski definition) is 0. The smallest absolute Gasteiger partial charge is 0.263 e. The summed E-state index contributed by atoms with van der Waals surface area (Å²) in [5, 5.41) is 0.466. The van der Waals surface area contributed by atoms with Gasteiger partial charge in [-0.3, -0.25) is 4.98 Å². The molecule has 0 atom stereocenters. The van der Waals surface area contributed by atoms with Crippen LogP contribution in [0.3, 0.4) is 0 Å². The predicted octanol–water partition coefficient (Wildman–Crippen LogP) is 1.07. The summed E-state index contributed by atoms with van der Waals surface area (Å²) in [4.78, 5) is 8.18. The fourth-order valence-corrected chi connectivity index (χ4v) is 3.34. The highest BCUT2D eigenvalue weighted by Gasteiger charge is 2.30. The largest absolute Gasteiger partial charge is 0.269 e. The average molecular weight is 243 g/mol. The number of hydrogen-bond acceptors (Lipinski definition) is 5. The van der Waals surface area contributed by atoms with Gasteiger partial charge in [-0.2, -0.15) is 0 Å². The van der Waals surface area contributed by atoms with Crippen LogP contribution in [0.5, 0.6) is 0 Å². The fraction of sp³-hybridized carbons (Fsp3) is 0.250. The third-order valence-corrected chi connectivity index (χ3v) is 4.68. The van der Waals surface area contributed by atoms with Gasteiger partial charge in [0.25, 0.3) is 10.0 Å². The van der Waals surface area contributed by atoms with E-state index < -0.39 is 10.0 Å². The summed E-state index contributed by atoms with van der Waals surface area (Å²) in [6.45, 7) is 0. The van der Waals surface area contributed by atoms with Crippen molar-refractivity contribution in [1.29, 1.82) is 0 Å². The molecule has 1 aliphatic rings. The first-order valence-corrected chi connectivity index (χ1v) is 6.79. The molecular weight excluding hydrogens is 234 g/mol. The van der Waals surface area contributed by atoms with Crippen LogP contribution in [-0.4, -0.2) is 36.2 Å². The van der Waals surface area contributed by atoms with Gasteiger partial charge in [-0.1, -0.05) is 11.8 Å². The van der Waals surface area contributed by atoms with Crippen LogP contribution in [0.4, 0.5) is 5.69 Å². The van der Waals surface area contributed by atoms with Crippen LogP contribution < -0.4 is 0 Å². The standard InChI is InChI=1S/C8H9N3O2S2/c1-11-8(14-2)10-6-3-4-9-5-7(6)15(11,12)13/h3-5H,1-2H3. The van der Waals surface area contributed by atoms with E-state index in [0.29, 0.717) is 10.9 Å². The van der Waals surface area contributed by atoms with Crippen LogP contribution in [0.25, 0.3) is 0 Å². The predicted molar refractivity (Wildman–Crippen MR) is 59.8 cm³/mol. The molecule has 2 rings (SSSR count). The maximum Gasteiger partial charge on any atom is 0.269 e. The zero-order valence-corrected chi connectivity index (χ0v) is 9.84. The number of nitrogens with zero attached hydrogens (tertiary/aromatic N) is 3. The third kappa shape index (κ3) is 1.51. The highest BCUT2D eigenvalue weighted by molar-refractivity contribution is 8.14. The minimum absolute atomic E-state index is 0.158. The lowest BCUT2D eigenvalue weighted by atomic mass is 10.4. The van der Waals surface area contributed by atoms with Crippen LogP contribution in [0.15, 0.2) is 28.3 Å². The Bertz CT molecular complexity index is 524. The number of aliphatic imine (C=N–C) groups is 1. The van der Waals surface area contributed by atoms with Crippen LogP contribution in [0.2, 0.25) is 0 Å². The molecule has 0 N–H and O–H groups in total. The van der Waals surface area contributed by atoms with Gasteiger partial charge >= 0.3 is 0 Å². The molecule has 0 aromatic carbocycles. The minimum atomic E-state index is -3.46. The number of fused-ring (bicyclic) bond motifs is 1. The second-order valence-electron chi connectivity index (χ2n) is 2.91. The first-order valence-electron chi connectivity index (χ1n) is 4.13. The molecule has 0 spiro atoms. The van der Waals surface area contributed by atoms with Gasteiger partial charge < -0.3 is 0 Å². The van der Waals surface area contributed by atoms with Gasteiger partial charge in [0.1, 0.15) is 4.90 Å². The van der Waals surface area contributed by atoms with Crippen molar-refractivity contribution in [2.45, 2.75) is 4.90 Å². The number of sulfonamides is 1. The molecule has 0 unspecified atom stereocenters. The van der Waals surface area contributed by atoms with E-state index in [1.165, 1.54) is 35.5 Å². The van der Waals surface area contributed by atoms with Crippen LogP contribution in [0.1, 0.15) is 0 Å². The Labute approximate surface area is 92.3 Å². The minimum Gasteiger partial charge on any atom is -0.263 e. The summed E-state index contributed by atoms with van der Waals surface area (Å²) in [6.07, 6.45) is 4.64. The Morgan fingerprint density at radius 3 is 2.87 bits per heavy atom. The molecule has 7 heteroatoms. The van der Waals surface area contributed by atoms with E-state index in [1.807, 2.05) is 0 Å². The van der Waals surface area contributed by atoms with Gasteiger partial charge in [-0.15, -0.1) is 0 Å². The monoisotopic (exact) mass is 243 g/mol. The lowest BCUT2D eigenvalue weighted by Crippen LogP contribution is -2.33. The van der Waals surface area contributed by atoms with Crippen molar-refractivity contribution in [1.82, 2.24) is 9.29 Å². The highest BCUT2D eigenvalue weighted by atomic mass is 32.2. The van der Waals surface area contributed by atoms with Crippen molar-refractivity contribution < 1.29 is 8.42 Å². The Balaban J connectivity index is 2.73. The number of pyridine rings is 1. The van der Waals surface area contributed by atoms with Gasteiger partial charge in [0.2, 0.25) is 0 Å². The van der Waals surface area contributed by atoms with E-state index in [-0.39, 0.29) is 4.90 Å². The fourth-order valence-electron chi connectivity index (χ4n) is 1.26. The number of amidine groups is 1. The van der Waals surface area contributed by atoms with Crippen molar-refractivity contribution in [3.8, 4) is 0 Å². The summed E-state index contributed by atoms with van der Waals surface area (Å²) in [5.41, 5.74) is 0.451.